The maximum absolute atomic E-state index is 13.4. The van der Waals surface area contributed by atoms with Crippen molar-refractivity contribution in [3.05, 3.63) is 83.7 Å². The van der Waals surface area contributed by atoms with Gasteiger partial charge in [0.25, 0.3) is 10.0 Å². The van der Waals surface area contributed by atoms with Crippen LogP contribution in [0, 0.1) is 0 Å². The first-order valence-corrected chi connectivity index (χ1v) is 16.0. The van der Waals surface area contributed by atoms with Gasteiger partial charge in [-0.05, 0) is 87.3 Å². The van der Waals surface area contributed by atoms with Crippen molar-refractivity contribution in [1.29, 1.82) is 0 Å². The highest BCUT2D eigenvalue weighted by molar-refractivity contribution is 7.89. The first-order valence-electron chi connectivity index (χ1n) is 14.5. The normalized spacial score (nSPS) is 14.9. The van der Waals surface area contributed by atoms with E-state index in [0.29, 0.717) is 10.8 Å². The molecule has 0 bridgehead atoms. The van der Waals surface area contributed by atoms with Crippen LogP contribution in [0.5, 0.6) is 0 Å². The number of unbranched alkanes of at least 4 members (excludes halogenated alkanes) is 1. The number of benzene rings is 1. The van der Waals surface area contributed by atoms with E-state index in [1.807, 2.05) is 12.1 Å². The maximum atomic E-state index is 13.4. The minimum Gasteiger partial charge on any atom is -0.441 e. The number of carbonyl (C=O) groups excluding carboxylic acids is 2. The summed E-state index contributed by atoms with van der Waals surface area (Å²) in [6.07, 6.45) is 6.63. The number of nitrogens with zero attached hydrogens (tertiary/aromatic N) is 3. The second-order valence-electron chi connectivity index (χ2n) is 11.9. The highest BCUT2D eigenvalue weighted by Crippen LogP contribution is 2.52. The molecule has 1 atom stereocenters. The first-order chi connectivity index (χ1) is 20.3. The molecule has 3 aromatic rings. The van der Waals surface area contributed by atoms with Crippen LogP contribution in [0.15, 0.2) is 71.9 Å². The molecule has 1 saturated carbocycles. The Bertz CT molecular complexity index is 1520. The smallest absolute Gasteiger partial charge is 0.441 e. The highest BCUT2D eigenvalue weighted by Gasteiger charge is 2.43. The van der Waals surface area contributed by atoms with Crippen molar-refractivity contribution < 1.29 is 27.6 Å². The van der Waals surface area contributed by atoms with E-state index in [4.69, 9.17) is 9.57 Å². The molecular weight excluding hydrogens is 568 g/mol. The quantitative estimate of drug-likeness (QED) is 0.256. The molecule has 1 aliphatic rings. The number of aromatic nitrogens is 2. The molecule has 0 saturated heterocycles. The lowest BCUT2D eigenvalue weighted by Crippen LogP contribution is -2.39. The largest absolute Gasteiger partial charge is 0.450 e. The van der Waals surface area contributed by atoms with Crippen LogP contribution in [0.2, 0.25) is 0 Å². The maximum Gasteiger partial charge on any atom is 0.450 e. The number of sulfonamides is 1. The number of hydroxylamine groups is 1. The Labute approximate surface area is 253 Å². The molecule has 1 aromatic carbocycles. The SMILES string of the molecule is CCCCC1(c2ccc(CC(NS(=O)(=O)c3ccccn3)c3cccc(N(OC(C)=O)C(=O)OC(C)(C)C)n3)cc2)CC1. The van der Waals surface area contributed by atoms with Gasteiger partial charge in [-0.25, -0.2) is 32.7 Å². The monoisotopic (exact) mass is 608 g/mol. The third kappa shape index (κ3) is 8.61. The molecule has 1 N–H and O–H groups in total. The molecule has 4 rings (SSSR count). The van der Waals surface area contributed by atoms with Crippen molar-refractivity contribution in [2.24, 2.45) is 0 Å². The zero-order valence-electron chi connectivity index (χ0n) is 25.4. The summed E-state index contributed by atoms with van der Waals surface area (Å²) in [5.41, 5.74) is 1.91. The predicted octanol–water partition coefficient (Wildman–Crippen LogP) is 6.18. The van der Waals surface area contributed by atoms with Crippen LogP contribution in [0.4, 0.5) is 10.6 Å². The number of ether oxygens (including phenoxy) is 1. The van der Waals surface area contributed by atoms with Crippen LogP contribution in [-0.4, -0.2) is 36.0 Å². The lowest BCUT2D eigenvalue weighted by atomic mass is 9.89. The molecule has 11 heteroatoms. The van der Waals surface area contributed by atoms with E-state index >= 15 is 0 Å². The minimum absolute atomic E-state index is 0.0362. The Morgan fingerprint density at radius 3 is 2.35 bits per heavy atom. The van der Waals surface area contributed by atoms with Crippen LogP contribution >= 0.6 is 0 Å². The van der Waals surface area contributed by atoms with E-state index in [0.717, 1.165) is 18.9 Å². The van der Waals surface area contributed by atoms with Gasteiger partial charge in [0, 0.05) is 13.1 Å². The van der Waals surface area contributed by atoms with E-state index in [1.54, 1.807) is 45.0 Å². The van der Waals surface area contributed by atoms with Crippen molar-refractivity contribution in [3.63, 3.8) is 0 Å². The van der Waals surface area contributed by atoms with Crippen LogP contribution in [0.3, 0.4) is 0 Å². The summed E-state index contributed by atoms with van der Waals surface area (Å²) in [7, 11) is -4.04. The summed E-state index contributed by atoms with van der Waals surface area (Å²) in [4.78, 5) is 38.5. The van der Waals surface area contributed by atoms with Crippen molar-refractivity contribution in [2.75, 3.05) is 5.06 Å². The molecular formula is C32H40N4O6S. The van der Waals surface area contributed by atoms with Gasteiger partial charge >= 0.3 is 12.1 Å². The second kappa shape index (κ2) is 13.2. The van der Waals surface area contributed by atoms with Crippen molar-refractivity contribution in [3.8, 4) is 0 Å². The van der Waals surface area contributed by atoms with Crippen molar-refractivity contribution in [2.45, 2.75) is 95.2 Å². The number of rotatable bonds is 11. The van der Waals surface area contributed by atoms with Crippen LogP contribution in [-0.2, 0) is 36.2 Å². The Morgan fingerprint density at radius 2 is 1.77 bits per heavy atom. The minimum atomic E-state index is -4.04. The fourth-order valence-corrected chi connectivity index (χ4v) is 6.05. The van der Waals surface area contributed by atoms with Gasteiger partial charge in [-0.3, -0.25) is 0 Å². The molecule has 1 aliphatic carbocycles. The number of anilines is 1. The molecule has 0 aliphatic heterocycles. The molecule has 0 radical (unpaired) electrons. The Kier molecular flexibility index (Phi) is 9.86. The second-order valence-corrected chi connectivity index (χ2v) is 13.6. The van der Waals surface area contributed by atoms with Gasteiger partial charge in [0.05, 0.1) is 11.7 Å². The zero-order valence-corrected chi connectivity index (χ0v) is 26.2. The van der Waals surface area contributed by atoms with Gasteiger partial charge in [-0.1, -0.05) is 61.2 Å². The summed E-state index contributed by atoms with van der Waals surface area (Å²) in [5, 5.41) is 0.537. The fourth-order valence-electron chi connectivity index (χ4n) is 4.90. The molecule has 43 heavy (non-hydrogen) atoms. The number of hydrogen-bond donors (Lipinski definition) is 1. The molecule has 230 valence electrons. The average molecular weight is 609 g/mol. The molecule has 2 heterocycles. The van der Waals surface area contributed by atoms with E-state index in [-0.39, 0.29) is 22.7 Å². The predicted molar refractivity (Wildman–Crippen MR) is 163 cm³/mol. The van der Waals surface area contributed by atoms with Gasteiger partial charge in [0.1, 0.15) is 5.60 Å². The summed E-state index contributed by atoms with van der Waals surface area (Å²) >= 11 is 0. The molecule has 1 amide bonds. The van der Waals surface area contributed by atoms with Crippen LogP contribution in [0.25, 0.3) is 0 Å². The third-order valence-electron chi connectivity index (χ3n) is 7.18. The third-order valence-corrected chi connectivity index (χ3v) is 8.57. The van der Waals surface area contributed by atoms with E-state index in [9.17, 15) is 18.0 Å². The van der Waals surface area contributed by atoms with Crippen molar-refractivity contribution >= 4 is 27.9 Å². The van der Waals surface area contributed by atoms with Crippen LogP contribution in [0.1, 0.15) is 89.6 Å². The highest BCUT2D eigenvalue weighted by atomic mass is 32.2. The number of hydrogen-bond acceptors (Lipinski definition) is 8. The van der Waals surface area contributed by atoms with Gasteiger partial charge in [-0.2, -0.15) is 0 Å². The van der Waals surface area contributed by atoms with Crippen molar-refractivity contribution in [1.82, 2.24) is 14.7 Å². The fraction of sp³-hybridized carbons (Fsp3) is 0.438. The Hall–Kier alpha value is -3.83. The van der Waals surface area contributed by atoms with E-state index in [1.165, 1.54) is 49.6 Å². The van der Waals surface area contributed by atoms with Gasteiger partial charge in [0.15, 0.2) is 10.8 Å². The van der Waals surface area contributed by atoms with Gasteiger partial charge < -0.3 is 9.57 Å². The lowest BCUT2D eigenvalue weighted by molar-refractivity contribution is -0.142. The standard InChI is InChI=1S/C32H40N4O6S/c1-6-7-18-32(19-20-32)25-16-14-24(15-17-25)22-27(35-43(39,40)29-13-8-9-21-33-29)26-11-10-12-28(34-26)36(42-23(2)37)30(38)41-31(3,4)5/h8-17,21,27,35H,6-7,18-20,22H2,1-5H3. The molecule has 0 spiro atoms. The summed E-state index contributed by atoms with van der Waals surface area (Å²) in [6, 6.07) is 16.9. The Balaban J connectivity index is 1.67. The Morgan fingerprint density at radius 1 is 1.05 bits per heavy atom. The summed E-state index contributed by atoms with van der Waals surface area (Å²) in [6.45, 7) is 8.41. The first kappa shape index (κ1) is 32.1. The average Bonchev–Trinajstić information content (AvgIpc) is 3.75. The topological polar surface area (TPSA) is 128 Å². The van der Waals surface area contributed by atoms with Gasteiger partial charge in [0.2, 0.25) is 0 Å². The van der Waals surface area contributed by atoms with Crippen LogP contribution < -0.4 is 9.79 Å². The molecule has 10 nitrogen and oxygen atoms in total. The van der Waals surface area contributed by atoms with E-state index in [2.05, 4.69) is 33.7 Å². The lowest BCUT2D eigenvalue weighted by Gasteiger charge is -2.26. The summed E-state index contributed by atoms with van der Waals surface area (Å²) < 4.78 is 34.9. The number of pyridine rings is 2. The number of amides is 1. The van der Waals surface area contributed by atoms with E-state index < -0.39 is 33.7 Å². The molecule has 2 aromatic heterocycles. The summed E-state index contributed by atoms with van der Waals surface area (Å²) in [5.74, 6) is -0.788. The number of nitrogens with one attached hydrogen (secondary N) is 1. The molecule has 1 fully saturated rings. The van der Waals surface area contributed by atoms with Gasteiger partial charge in [-0.15, -0.1) is 0 Å². The zero-order chi connectivity index (χ0) is 31.3. The number of carbonyl (C=O) groups is 2. The molecule has 1 unspecified atom stereocenters.